The van der Waals surface area contributed by atoms with Crippen LogP contribution in [0.5, 0.6) is 0 Å². The second-order valence-corrected chi connectivity index (χ2v) is 3.58. The minimum Gasteiger partial charge on any atom is -0.382 e. The zero-order valence-electron chi connectivity index (χ0n) is 9.51. The molecule has 0 unspecified atom stereocenters. The van der Waals surface area contributed by atoms with Crippen molar-refractivity contribution in [3.05, 3.63) is 29.8 Å². The zero-order chi connectivity index (χ0) is 12.4. The highest BCUT2D eigenvalue weighted by molar-refractivity contribution is 6.02. The van der Waals surface area contributed by atoms with Crippen molar-refractivity contribution < 1.29 is 4.79 Å². The Kier molecular flexibility index (Phi) is 2.73. The molecule has 1 amide bonds. The molecular weight excluding hydrogens is 220 g/mol. The summed E-state index contributed by atoms with van der Waals surface area (Å²) in [4.78, 5) is 19.5. The molecule has 0 saturated carbocycles. The van der Waals surface area contributed by atoms with Crippen molar-refractivity contribution in [2.24, 2.45) is 7.05 Å². The monoisotopic (exact) mass is 232 g/mol. The van der Waals surface area contributed by atoms with Gasteiger partial charge in [0.1, 0.15) is 17.3 Å². The molecule has 7 heteroatoms. The predicted octanol–water partition coefficient (Wildman–Crippen LogP) is 0.353. The van der Waals surface area contributed by atoms with Gasteiger partial charge < -0.3 is 11.1 Å². The summed E-state index contributed by atoms with van der Waals surface area (Å²) in [6.45, 7) is 1.85. The van der Waals surface area contributed by atoms with Crippen LogP contribution < -0.4 is 11.1 Å². The molecule has 7 nitrogen and oxygen atoms in total. The van der Waals surface area contributed by atoms with Gasteiger partial charge >= 0.3 is 0 Å². The molecule has 0 atom stereocenters. The van der Waals surface area contributed by atoms with Gasteiger partial charge in [-0.3, -0.25) is 9.48 Å². The van der Waals surface area contributed by atoms with Crippen LogP contribution in [0.2, 0.25) is 0 Å². The molecule has 2 rings (SSSR count). The third-order valence-corrected chi connectivity index (χ3v) is 2.15. The summed E-state index contributed by atoms with van der Waals surface area (Å²) >= 11 is 0. The van der Waals surface area contributed by atoms with Gasteiger partial charge in [-0.05, 0) is 6.92 Å². The van der Waals surface area contributed by atoms with Crippen LogP contribution in [0.4, 0.5) is 11.6 Å². The minimum absolute atomic E-state index is 0.207. The molecule has 0 aliphatic rings. The number of anilines is 2. The number of nitrogens with one attached hydrogen (secondary N) is 1. The third kappa shape index (κ3) is 2.39. The number of nitrogen functional groups attached to an aromatic ring is 1. The Labute approximate surface area is 97.7 Å². The van der Waals surface area contributed by atoms with Crippen LogP contribution in [0.1, 0.15) is 16.2 Å². The smallest absolute Gasteiger partial charge is 0.277 e. The molecule has 0 fully saturated rings. The Balaban J connectivity index is 2.17. The van der Waals surface area contributed by atoms with Gasteiger partial charge in [-0.2, -0.15) is 5.10 Å². The van der Waals surface area contributed by atoms with Crippen molar-refractivity contribution in [2.75, 3.05) is 11.1 Å². The topological polar surface area (TPSA) is 98.7 Å². The second-order valence-electron chi connectivity index (χ2n) is 3.58. The van der Waals surface area contributed by atoms with E-state index in [1.165, 1.54) is 12.4 Å². The summed E-state index contributed by atoms with van der Waals surface area (Å²) in [7, 11) is 1.75. The largest absolute Gasteiger partial charge is 0.382 e. The van der Waals surface area contributed by atoms with Crippen LogP contribution in [-0.2, 0) is 7.05 Å². The highest BCUT2D eigenvalue weighted by Gasteiger charge is 2.10. The van der Waals surface area contributed by atoms with Gasteiger partial charge in [0.2, 0.25) is 0 Å². The summed E-state index contributed by atoms with van der Waals surface area (Å²) < 4.78 is 1.58. The number of carbonyl (C=O) groups excluding carboxylic acids is 1. The lowest BCUT2D eigenvalue weighted by molar-refractivity contribution is 0.102. The van der Waals surface area contributed by atoms with E-state index in [4.69, 9.17) is 5.73 Å². The number of nitrogens with zero attached hydrogens (tertiary/aromatic N) is 4. The van der Waals surface area contributed by atoms with E-state index >= 15 is 0 Å². The quantitative estimate of drug-likeness (QED) is 0.778. The number of nitrogens with two attached hydrogens (primary N) is 1. The van der Waals surface area contributed by atoms with E-state index in [0.717, 1.165) is 5.69 Å². The van der Waals surface area contributed by atoms with E-state index < -0.39 is 0 Å². The normalized spacial score (nSPS) is 10.2. The fourth-order valence-corrected chi connectivity index (χ4v) is 1.36. The SMILES string of the molecule is Cc1cc(NC(=O)c2cnc(N)cn2)n(C)n1. The van der Waals surface area contributed by atoms with E-state index in [0.29, 0.717) is 5.82 Å². The summed E-state index contributed by atoms with van der Waals surface area (Å²) in [6.07, 6.45) is 2.66. The van der Waals surface area contributed by atoms with E-state index in [1.807, 2.05) is 6.92 Å². The van der Waals surface area contributed by atoms with Crippen molar-refractivity contribution in [2.45, 2.75) is 6.92 Å². The molecule has 0 spiro atoms. The Morgan fingerprint density at radius 2 is 2.18 bits per heavy atom. The Morgan fingerprint density at radius 3 is 2.71 bits per heavy atom. The first-order valence-corrected chi connectivity index (χ1v) is 4.96. The number of carbonyl (C=O) groups is 1. The van der Waals surface area contributed by atoms with Crippen molar-refractivity contribution >= 4 is 17.5 Å². The first-order valence-electron chi connectivity index (χ1n) is 4.96. The van der Waals surface area contributed by atoms with Crippen molar-refractivity contribution in [3.8, 4) is 0 Å². The molecule has 0 bridgehead atoms. The highest BCUT2D eigenvalue weighted by Crippen LogP contribution is 2.09. The molecule has 88 valence electrons. The number of rotatable bonds is 2. The molecule has 17 heavy (non-hydrogen) atoms. The lowest BCUT2D eigenvalue weighted by atomic mass is 10.4. The second kappa shape index (κ2) is 4.20. The Morgan fingerprint density at radius 1 is 1.41 bits per heavy atom. The first-order chi connectivity index (χ1) is 8.06. The lowest BCUT2D eigenvalue weighted by Crippen LogP contribution is -2.16. The molecule has 0 radical (unpaired) electrons. The molecule has 0 aromatic carbocycles. The van der Waals surface area contributed by atoms with E-state index in [1.54, 1.807) is 17.8 Å². The van der Waals surface area contributed by atoms with Crippen molar-refractivity contribution in [1.29, 1.82) is 0 Å². The summed E-state index contributed by atoms with van der Waals surface area (Å²) in [5, 5.41) is 6.80. The third-order valence-electron chi connectivity index (χ3n) is 2.15. The van der Waals surface area contributed by atoms with Gasteiger partial charge in [-0.25, -0.2) is 9.97 Å². The van der Waals surface area contributed by atoms with Gasteiger partial charge in [0.15, 0.2) is 0 Å². The molecule has 2 aromatic rings. The van der Waals surface area contributed by atoms with Gasteiger partial charge in [0, 0.05) is 13.1 Å². The molecule has 2 heterocycles. The van der Waals surface area contributed by atoms with Crippen molar-refractivity contribution in [3.63, 3.8) is 0 Å². The molecule has 0 aliphatic heterocycles. The van der Waals surface area contributed by atoms with Crippen LogP contribution in [0.3, 0.4) is 0 Å². The molecule has 2 aromatic heterocycles. The number of aryl methyl sites for hydroxylation is 2. The number of hydrogen-bond donors (Lipinski definition) is 2. The van der Waals surface area contributed by atoms with Crippen molar-refractivity contribution in [1.82, 2.24) is 19.7 Å². The molecule has 0 saturated heterocycles. The number of hydrogen-bond acceptors (Lipinski definition) is 5. The average molecular weight is 232 g/mol. The fraction of sp³-hybridized carbons (Fsp3) is 0.200. The standard InChI is InChI=1S/C10H12N6O/c1-6-3-9(16(2)15-6)14-10(17)7-4-13-8(11)5-12-7/h3-5H,1-2H3,(H2,11,13)(H,14,17). The maximum Gasteiger partial charge on any atom is 0.277 e. The lowest BCUT2D eigenvalue weighted by Gasteiger charge is -2.03. The fourth-order valence-electron chi connectivity index (χ4n) is 1.36. The predicted molar refractivity (Wildman–Crippen MR) is 62.3 cm³/mol. The van der Waals surface area contributed by atoms with Crippen LogP contribution in [-0.4, -0.2) is 25.7 Å². The zero-order valence-corrected chi connectivity index (χ0v) is 9.51. The van der Waals surface area contributed by atoms with E-state index in [9.17, 15) is 4.79 Å². The summed E-state index contributed by atoms with van der Waals surface area (Å²) in [5.74, 6) is 0.532. The first kappa shape index (κ1) is 11.1. The van der Waals surface area contributed by atoms with Gasteiger partial charge in [-0.1, -0.05) is 0 Å². The minimum atomic E-state index is -0.347. The molecule has 0 aliphatic carbocycles. The van der Waals surface area contributed by atoms with Gasteiger partial charge in [0.05, 0.1) is 18.1 Å². The van der Waals surface area contributed by atoms with Gasteiger partial charge in [-0.15, -0.1) is 0 Å². The Hall–Kier alpha value is -2.44. The van der Waals surface area contributed by atoms with E-state index in [-0.39, 0.29) is 17.4 Å². The highest BCUT2D eigenvalue weighted by atomic mass is 16.2. The maximum absolute atomic E-state index is 11.8. The summed E-state index contributed by atoms with van der Waals surface area (Å²) in [5.41, 5.74) is 6.42. The number of aromatic nitrogens is 4. The molecule has 3 N–H and O–H groups in total. The van der Waals surface area contributed by atoms with Crippen LogP contribution in [0.15, 0.2) is 18.5 Å². The van der Waals surface area contributed by atoms with Gasteiger partial charge in [0.25, 0.3) is 5.91 Å². The number of amides is 1. The molecular formula is C10H12N6O. The van der Waals surface area contributed by atoms with Crippen LogP contribution in [0, 0.1) is 6.92 Å². The Bertz CT molecular complexity index is 544. The average Bonchev–Trinajstić information content (AvgIpc) is 2.58. The van der Waals surface area contributed by atoms with E-state index in [2.05, 4.69) is 20.4 Å². The van der Waals surface area contributed by atoms with Crippen LogP contribution >= 0.6 is 0 Å². The summed E-state index contributed by atoms with van der Waals surface area (Å²) in [6, 6.07) is 1.77. The maximum atomic E-state index is 11.8. The van der Waals surface area contributed by atoms with Crippen LogP contribution in [0.25, 0.3) is 0 Å².